The third-order valence-electron chi connectivity index (χ3n) is 5.28. The third kappa shape index (κ3) is 4.72. The van der Waals surface area contributed by atoms with E-state index in [1.165, 1.54) is 22.6 Å². The number of aromatic nitrogens is 2. The van der Waals surface area contributed by atoms with Crippen LogP contribution in [0.25, 0.3) is 0 Å². The van der Waals surface area contributed by atoms with Gasteiger partial charge in [-0.1, -0.05) is 42.5 Å². The number of hydrogen-bond donors (Lipinski definition) is 0. The van der Waals surface area contributed by atoms with Crippen LogP contribution in [-0.2, 0) is 13.1 Å². The standard InChI is InChI=1S/C22H23N5O3/c28-22(25-12-10-24(11-13-25)15-18-4-2-1-3-5-18)20-8-6-19(7-9-20)16-26-17-21(14-23-26)27(29)30/h1-9,14,17H,10-13,15-16H2. The first kappa shape index (κ1) is 19.8. The summed E-state index contributed by atoms with van der Waals surface area (Å²) in [7, 11) is 0. The van der Waals surface area contributed by atoms with Crippen molar-refractivity contribution in [1.29, 1.82) is 0 Å². The van der Waals surface area contributed by atoms with Gasteiger partial charge in [-0.15, -0.1) is 0 Å². The van der Waals surface area contributed by atoms with Crippen molar-refractivity contribution >= 4 is 11.6 Å². The maximum atomic E-state index is 12.8. The number of amides is 1. The average molecular weight is 405 g/mol. The Morgan fingerprint density at radius 1 is 0.933 bits per heavy atom. The smallest absolute Gasteiger partial charge is 0.307 e. The average Bonchev–Trinajstić information content (AvgIpc) is 3.24. The molecule has 0 saturated carbocycles. The van der Waals surface area contributed by atoms with Gasteiger partial charge in [0.05, 0.1) is 11.5 Å². The molecule has 154 valence electrons. The quantitative estimate of drug-likeness (QED) is 0.465. The molecule has 0 aliphatic carbocycles. The number of nitro groups is 1. The fourth-order valence-electron chi connectivity index (χ4n) is 3.61. The van der Waals surface area contributed by atoms with E-state index in [9.17, 15) is 14.9 Å². The Hall–Kier alpha value is -3.52. The van der Waals surface area contributed by atoms with E-state index in [1.807, 2.05) is 47.4 Å². The van der Waals surface area contributed by atoms with Gasteiger partial charge >= 0.3 is 5.69 Å². The van der Waals surface area contributed by atoms with Crippen LogP contribution >= 0.6 is 0 Å². The monoisotopic (exact) mass is 405 g/mol. The lowest BCUT2D eigenvalue weighted by Crippen LogP contribution is -2.48. The molecule has 0 radical (unpaired) electrons. The summed E-state index contributed by atoms with van der Waals surface area (Å²) in [5.74, 6) is 0.0376. The normalized spacial score (nSPS) is 14.6. The number of piperazine rings is 1. The molecule has 2 aromatic carbocycles. The van der Waals surface area contributed by atoms with E-state index in [-0.39, 0.29) is 11.6 Å². The van der Waals surface area contributed by atoms with Gasteiger partial charge in [-0.05, 0) is 23.3 Å². The zero-order chi connectivity index (χ0) is 20.9. The Balaban J connectivity index is 1.31. The molecular formula is C22H23N5O3. The van der Waals surface area contributed by atoms with Gasteiger partial charge in [0.2, 0.25) is 0 Å². The highest BCUT2D eigenvalue weighted by molar-refractivity contribution is 5.94. The first-order valence-electron chi connectivity index (χ1n) is 9.90. The highest BCUT2D eigenvalue weighted by Gasteiger charge is 2.22. The molecule has 0 bridgehead atoms. The van der Waals surface area contributed by atoms with Crippen molar-refractivity contribution in [3.05, 3.63) is 93.8 Å². The molecule has 0 unspecified atom stereocenters. The molecule has 3 aromatic rings. The van der Waals surface area contributed by atoms with Crippen molar-refractivity contribution in [1.82, 2.24) is 19.6 Å². The van der Waals surface area contributed by atoms with E-state index < -0.39 is 4.92 Å². The van der Waals surface area contributed by atoms with E-state index >= 15 is 0 Å². The highest BCUT2D eigenvalue weighted by atomic mass is 16.6. The van der Waals surface area contributed by atoms with Crippen LogP contribution in [0.4, 0.5) is 5.69 Å². The zero-order valence-corrected chi connectivity index (χ0v) is 16.6. The first-order chi connectivity index (χ1) is 14.6. The van der Waals surface area contributed by atoms with Gasteiger partial charge < -0.3 is 4.90 Å². The summed E-state index contributed by atoms with van der Waals surface area (Å²) in [5, 5.41) is 14.8. The van der Waals surface area contributed by atoms with Crippen molar-refractivity contribution in [2.45, 2.75) is 13.1 Å². The summed E-state index contributed by atoms with van der Waals surface area (Å²) < 4.78 is 1.51. The fraction of sp³-hybridized carbons (Fsp3) is 0.273. The second-order valence-corrected chi connectivity index (χ2v) is 7.40. The van der Waals surface area contributed by atoms with Gasteiger partial charge in [0, 0.05) is 38.3 Å². The lowest BCUT2D eigenvalue weighted by atomic mass is 10.1. The Morgan fingerprint density at radius 3 is 2.23 bits per heavy atom. The molecule has 8 heteroatoms. The summed E-state index contributed by atoms with van der Waals surface area (Å²) in [4.78, 5) is 27.4. The molecule has 1 saturated heterocycles. The van der Waals surface area contributed by atoms with Crippen LogP contribution in [0.15, 0.2) is 67.0 Å². The van der Waals surface area contributed by atoms with Gasteiger partial charge in [0.25, 0.3) is 5.91 Å². The van der Waals surface area contributed by atoms with Gasteiger partial charge in [0.15, 0.2) is 0 Å². The minimum absolute atomic E-state index is 0.0341. The Bertz CT molecular complexity index is 1010. The van der Waals surface area contributed by atoms with Crippen molar-refractivity contribution in [2.75, 3.05) is 26.2 Å². The first-order valence-corrected chi connectivity index (χ1v) is 9.90. The van der Waals surface area contributed by atoms with Crippen LogP contribution in [-0.4, -0.2) is 56.6 Å². The summed E-state index contributed by atoms with van der Waals surface area (Å²) in [6.07, 6.45) is 2.63. The molecule has 0 spiro atoms. The van der Waals surface area contributed by atoms with Crippen LogP contribution in [0.1, 0.15) is 21.5 Å². The molecular weight excluding hydrogens is 382 g/mol. The summed E-state index contributed by atoms with van der Waals surface area (Å²) >= 11 is 0. The second-order valence-electron chi connectivity index (χ2n) is 7.40. The van der Waals surface area contributed by atoms with E-state index in [2.05, 4.69) is 22.1 Å². The number of nitrogens with zero attached hydrogens (tertiary/aromatic N) is 5. The van der Waals surface area contributed by atoms with Crippen LogP contribution in [0.2, 0.25) is 0 Å². The molecule has 4 rings (SSSR count). The molecule has 1 amide bonds. The summed E-state index contributed by atoms with van der Waals surface area (Å²) in [6, 6.07) is 17.7. The fourth-order valence-corrected chi connectivity index (χ4v) is 3.61. The van der Waals surface area contributed by atoms with Crippen molar-refractivity contribution in [2.24, 2.45) is 0 Å². The maximum absolute atomic E-state index is 12.8. The van der Waals surface area contributed by atoms with Crippen LogP contribution in [0.5, 0.6) is 0 Å². The van der Waals surface area contributed by atoms with Crippen molar-refractivity contribution in [3.8, 4) is 0 Å². The minimum atomic E-state index is -0.467. The SMILES string of the molecule is O=C(c1ccc(Cn2cc([N+](=O)[O-])cn2)cc1)N1CCN(Cc2ccccc2)CC1. The topological polar surface area (TPSA) is 84.5 Å². The van der Waals surface area contributed by atoms with E-state index in [4.69, 9.17) is 0 Å². The molecule has 1 aliphatic heterocycles. The van der Waals surface area contributed by atoms with Crippen molar-refractivity contribution in [3.63, 3.8) is 0 Å². The maximum Gasteiger partial charge on any atom is 0.307 e. The molecule has 1 aromatic heterocycles. The largest absolute Gasteiger partial charge is 0.336 e. The molecule has 8 nitrogen and oxygen atoms in total. The zero-order valence-electron chi connectivity index (χ0n) is 16.6. The predicted octanol–water partition coefficient (Wildman–Crippen LogP) is 2.80. The number of hydrogen-bond acceptors (Lipinski definition) is 5. The number of rotatable bonds is 6. The second kappa shape index (κ2) is 8.87. The van der Waals surface area contributed by atoms with Crippen LogP contribution < -0.4 is 0 Å². The van der Waals surface area contributed by atoms with Gasteiger partial charge in [0.1, 0.15) is 12.4 Å². The van der Waals surface area contributed by atoms with Gasteiger partial charge in [-0.3, -0.25) is 24.5 Å². The van der Waals surface area contributed by atoms with Crippen LogP contribution in [0.3, 0.4) is 0 Å². The Morgan fingerprint density at radius 2 is 1.60 bits per heavy atom. The highest BCUT2D eigenvalue weighted by Crippen LogP contribution is 2.14. The number of benzene rings is 2. The Labute approximate surface area is 174 Å². The molecule has 30 heavy (non-hydrogen) atoms. The van der Waals surface area contributed by atoms with Crippen LogP contribution in [0, 0.1) is 10.1 Å². The molecule has 0 atom stereocenters. The molecule has 0 N–H and O–H groups in total. The lowest BCUT2D eigenvalue weighted by molar-refractivity contribution is -0.385. The summed E-state index contributed by atoms with van der Waals surface area (Å²) in [5.41, 5.74) is 2.84. The van der Waals surface area contributed by atoms with E-state index in [1.54, 1.807) is 0 Å². The molecule has 2 heterocycles. The summed E-state index contributed by atoms with van der Waals surface area (Å²) in [6.45, 7) is 4.46. The third-order valence-corrected chi connectivity index (χ3v) is 5.28. The molecule has 1 fully saturated rings. The van der Waals surface area contributed by atoms with E-state index in [0.717, 1.165) is 25.2 Å². The minimum Gasteiger partial charge on any atom is -0.336 e. The number of carbonyl (C=O) groups excluding carboxylic acids is 1. The Kier molecular flexibility index (Phi) is 5.85. The van der Waals surface area contributed by atoms with E-state index in [0.29, 0.717) is 25.2 Å². The molecule has 1 aliphatic rings. The van der Waals surface area contributed by atoms with Gasteiger partial charge in [-0.25, -0.2) is 0 Å². The van der Waals surface area contributed by atoms with Gasteiger partial charge in [-0.2, -0.15) is 5.10 Å². The lowest BCUT2D eigenvalue weighted by Gasteiger charge is -2.34. The van der Waals surface area contributed by atoms with Crippen molar-refractivity contribution < 1.29 is 9.72 Å². The number of carbonyl (C=O) groups is 1. The predicted molar refractivity (Wildman–Crippen MR) is 112 cm³/mol.